The van der Waals surface area contributed by atoms with Crippen LogP contribution >= 0.6 is 0 Å². The normalized spacial score (nSPS) is 12.2. The third-order valence-electron chi connectivity index (χ3n) is 11.0. The van der Waals surface area contributed by atoms with Gasteiger partial charge in [0.1, 0.15) is 11.6 Å². The van der Waals surface area contributed by atoms with E-state index in [9.17, 15) is 0 Å². The van der Waals surface area contributed by atoms with Gasteiger partial charge in [-0.1, -0.05) is 141 Å². The molecule has 0 atom stereocenters. The molecule has 0 bridgehead atoms. The standard InChI is InChI=1S/C53H53N5/c1-51(2,3)40-24-27-48(55-34-40)57(43-19-11-10-12-20-43)46-31-42(53(7,8)9)32-47(50(46)39-22-21-36-16-13-14-17-38(36)30-39)58(49-28-25-41(35-56-49)52(4,5)6)44-26-23-37-18-15-29-54-45(37)33-44/h10-35H,1-9H3. The first-order valence-electron chi connectivity index (χ1n) is 20.3. The fraction of sp³-hybridized carbons (Fsp3) is 0.226. The van der Waals surface area contributed by atoms with Crippen LogP contribution in [-0.2, 0) is 16.2 Å². The number of pyridine rings is 3. The van der Waals surface area contributed by atoms with Gasteiger partial charge in [-0.25, -0.2) is 9.97 Å². The van der Waals surface area contributed by atoms with Crippen LogP contribution in [0.3, 0.4) is 0 Å². The molecule has 58 heavy (non-hydrogen) atoms. The highest BCUT2D eigenvalue weighted by molar-refractivity contribution is 6.01. The molecule has 0 unspecified atom stereocenters. The zero-order chi connectivity index (χ0) is 40.8. The van der Waals surface area contributed by atoms with E-state index in [1.807, 2.05) is 24.7 Å². The van der Waals surface area contributed by atoms with Gasteiger partial charge in [-0.2, -0.15) is 0 Å². The van der Waals surface area contributed by atoms with Gasteiger partial charge in [0.15, 0.2) is 0 Å². The molecule has 0 aliphatic heterocycles. The van der Waals surface area contributed by atoms with Gasteiger partial charge in [-0.3, -0.25) is 14.8 Å². The first-order chi connectivity index (χ1) is 27.6. The monoisotopic (exact) mass is 759 g/mol. The predicted molar refractivity (Wildman–Crippen MR) is 246 cm³/mol. The summed E-state index contributed by atoms with van der Waals surface area (Å²) in [4.78, 5) is 19.9. The SMILES string of the molecule is CC(C)(C)c1ccc(N(c2ccccc2)c2cc(C(C)(C)C)cc(N(c3ccc4cccnc4c3)c3ccc(C(C)(C)C)cn3)c2-c2ccc3ccccc3c2)nc1. The average Bonchev–Trinajstić information content (AvgIpc) is 3.20. The minimum atomic E-state index is -0.211. The maximum atomic E-state index is 5.26. The van der Waals surface area contributed by atoms with Crippen LogP contribution < -0.4 is 9.80 Å². The lowest BCUT2D eigenvalue weighted by Crippen LogP contribution is -2.21. The quantitative estimate of drug-likeness (QED) is 0.162. The molecule has 0 N–H and O–H groups in total. The number of rotatable bonds is 7. The van der Waals surface area contributed by atoms with E-state index >= 15 is 0 Å². The summed E-state index contributed by atoms with van der Waals surface area (Å²) in [5, 5.41) is 3.45. The molecule has 0 aliphatic rings. The molecule has 8 rings (SSSR count). The second kappa shape index (κ2) is 14.9. The molecular weight excluding hydrogens is 707 g/mol. The fourth-order valence-corrected chi connectivity index (χ4v) is 7.52. The van der Waals surface area contributed by atoms with Crippen molar-refractivity contribution in [1.29, 1.82) is 0 Å². The van der Waals surface area contributed by atoms with Crippen LogP contribution in [0.25, 0.3) is 32.8 Å². The van der Waals surface area contributed by atoms with Crippen LogP contribution in [0.4, 0.5) is 34.4 Å². The van der Waals surface area contributed by atoms with E-state index < -0.39 is 0 Å². The van der Waals surface area contributed by atoms with Crippen LogP contribution in [0.15, 0.2) is 158 Å². The number of benzene rings is 5. The number of nitrogens with zero attached hydrogens (tertiary/aromatic N) is 5. The number of anilines is 6. The molecular formula is C53H53N5. The van der Waals surface area contributed by atoms with Crippen LogP contribution in [0, 0.1) is 0 Å². The highest BCUT2D eigenvalue weighted by atomic mass is 15.2. The summed E-state index contributed by atoms with van der Waals surface area (Å²) in [7, 11) is 0. The third kappa shape index (κ3) is 7.69. The van der Waals surface area contributed by atoms with Crippen molar-refractivity contribution < 1.29 is 0 Å². The maximum absolute atomic E-state index is 5.26. The summed E-state index contributed by atoms with van der Waals surface area (Å²) in [5.74, 6) is 1.66. The zero-order valence-corrected chi connectivity index (χ0v) is 35.2. The molecule has 5 aromatic carbocycles. The molecule has 5 nitrogen and oxygen atoms in total. The Bertz CT molecular complexity index is 2710. The van der Waals surface area contributed by atoms with Crippen molar-refractivity contribution in [3.8, 4) is 11.1 Å². The molecule has 0 spiro atoms. The van der Waals surface area contributed by atoms with Crippen molar-refractivity contribution in [2.24, 2.45) is 0 Å². The topological polar surface area (TPSA) is 45.2 Å². The summed E-state index contributed by atoms with van der Waals surface area (Å²) >= 11 is 0. The van der Waals surface area contributed by atoms with Crippen LogP contribution in [-0.4, -0.2) is 15.0 Å². The summed E-state index contributed by atoms with van der Waals surface area (Å²) in [6.07, 6.45) is 5.93. The van der Waals surface area contributed by atoms with Crippen LogP contribution in [0.2, 0.25) is 0 Å². The van der Waals surface area contributed by atoms with Crippen molar-refractivity contribution in [2.45, 2.75) is 78.6 Å². The number of hydrogen-bond donors (Lipinski definition) is 0. The minimum absolute atomic E-state index is 0.0383. The second-order valence-electron chi connectivity index (χ2n) is 18.4. The molecule has 0 saturated carbocycles. The molecule has 3 aromatic heterocycles. The van der Waals surface area contributed by atoms with Gasteiger partial charge in [0, 0.05) is 40.9 Å². The van der Waals surface area contributed by atoms with E-state index in [-0.39, 0.29) is 16.2 Å². The van der Waals surface area contributed by atoms with Gasteiger partial charge >= 0.3 is 0 Å². The van der Waals surface area contributed by atoms with E-state index in [1.165, 1.54) is 27.5 Å². The van der Waals surface area contributed by atoms with Gasteiger partial charge in [-0.05, 0) is 110 Å². The molecule has 0 radical (unpaired) electrons. The highest BCUT2D eigenvalue weighted by Crippen LogP contribution is 2.51. The Balaban J connectivity index is 1.51. The Morgan fingerprint density at radius 2 is 0.931 bits per heavy atom. The van der Waals surface area contributed by atoms with E-state index in [0.29, 0.717) is 0 Å². The van der Waals surface area contributed by atoms with Crippen LogP contribution in [0.1, 0.15) is 79.0 Å². The number of fused-ring (bicyclic) bond motifs is 2. The van der Waals surface area contributed by atoms with Crippen molar-refractivity contribution in [2.75, 3.05) is 9.80 Å². The lowest BCUT2D eigenvalue weighted by molar-refractivity contribution is 0.587. The average molecular weight is 760 g/mol. The maximum Gasteiger partial charge on any atom is 0.137 e. The molecule has 5 heteroatoms. The van der Waals surface area contributed by atoms with Gasteiger partial charge in [0.05, 0.1) is 16.9 Å². The Morgan fingerprint density at radius 1 is 0.397 bits per heavy atom. The molecule has 290 valence electrons. The molecule has 0 aliphatic carbocycles. The van der Waals surface area contributed by atoms with Crippen molar-refractivity contribution in [3.05, 3.63) is 175 Å². The minimum Gasteiger partial charge on any atom is -0.294 e. The van der Waals surface area contributed by atoms with E-state index in [0.717, 1.165) is 56.4 Å². The van der Waals surface area contributed by atoms with Gasteiger partial charge < -0.3 is 0 Å². The zero-order valence-electron chi connectivity index (χ0n) is 35.2. The largest absolute Gasteiger partial charge is 0.294 e. The highest BCUT2D eigenvalue weighted by Gasteiger charge is 2.30. The van der Waals surface area contributed by atoms with Crippen molar-refractivity contribution in [1.82, 2.24) is 15.0 Å². The predicted octanol–water partition coefficient (Wildman–Crippen LogP) is 14.7. The van der Waals surface area contributed by atoms with Crippen LogP contribution in [0.5, 0.6) is 0 Å². The molecule has 8 aromatic rings. The summed E-state index contributed by atoms with van der Waals surface area (Å²) in [5.41, 5.74) is 10.3. The molecule has 0 saturated heterocycles. The van der Waals surface area contributed by atoms with Gasteiger partial charge in [0.2, 0.25) is 0 Å². The number of aromatic nitrogens is 3. The van der Waals surface area contributed by atoms with E-state index in [1.54, 1.807) is 0 Å². The smallest absolute Gasteiger partial charge is 0.137 e. The Labute approximate surface area is 344 Å². The van der Waals surface area contributed by atoms with Crippen molar-refractivity contribution >= 4 is 56.1 Å². The molecule has 0 fully saturated rings. The lowest BCUT2D eigenvalue weighted by Gasteiger charge is -2.35. The van der Waals surface area contributed by atoms with Crippen molar-refractivity contribution in [3.63, 3.8) is 0 Å². The van der Waals surface area contributed by atoms with Gasteiger partial charge in [-0.15, -0.1) is 0 Å². The Morgan fingerprint density at radius 3 is 1.50 bits per heavy atom. The molecule has 3 heterocycles. The first kappa shape index (κ1) is 38.5. The lowest BCUT2D eigenvalue weighted by atomic mass is 9.83. The Hall–Kier alpha value is -6.33. The first-order valence-corrected chi connectivity index (χ1v) is 20.3. The Kier molecular flexibility index (Phi) is 9.88. The summed E-state index contributed by atoms with van der Waals surface area (Å²) in [6.45, 7) is 20.2. The van der Waals surface area contributed by atoms with Gasteiger partial charge in [0.25, 0.3) is 0 Å². The van der Waals surface area contributed by atoms with E-state index in [2.05, 4.69) is 206 Å². The second-order valence-corrected chi connectivity index (χ2v) is 18.4. The third-order valence-corrected chi connectivity index (χ3v) is 11.0. The number of para-hydroxylation sites is 1. The fourth-order valence-electron chi connectivity index (χ4n) is 7.52. The number of hydrogen-bond acceptors (Lipinski definition) is 5. The molecule has 0 amide bonds. The summed E-state index contributed by atoms with van der Waals surface area (Å²) in [6, 6.07) is 50.2. The van der Waals surface area contributed by atoms with E-state index in [4.69, 9.17) is 15.0 Å². The summed E-state index contributed by atoms with van der Waals surface area (Å²) < 4.78 is 0.